The molecule has 0 amide bonds. The molecule has 0 aromatic heterocycles. The zero-order valence-corrected chi connectivity index (χ0v) is 15.6. The van der Waals surface area contributed by atoms with Gasteiger partial charge in [-0.3, -0.25) is 0 Å². The average molecular weight is 367 g/mol. The Morgan fingerprint density at radius 1 is 0.464 bits per heavy atom. The molecule has 0 bridgehead atoms. The van der Waals surface area contributed by atoms with E-state index in [-0.39, 0.29) is 0 Å². The van der Waals surface area contributed by atoms with Gasteiger partial charge in [-0.25, -0.2) is 0 Å². The number of hydrogen-bond acceptors (Lipinski definition) is 3. The molecule has 138 valence electrons. The zero-order chi connectivity index (χ0) is 19.3. The highest BCUT2D eigenvalue weighted by molar-refractivity contribution is 5.65. The Bertz CT molecular complexity index is 947. The van der Waals surface area contributed by atoms with Crippen LogP contribution in [0.2, 0.25) is 0 Å². The lowest BCUT2D eigenvalue weighted by Crippen LogP contribution is -1.87. The summed E-state index contributed by atoms with van der Waals surface area (Å²) in [6.07, 6.45) is 0. The monoisotopic (exact) mass is 367 g/mol. The topological polar surface area (TPSA) is 44.5 Å². The predicted molar refractivity (Wildman–Crippen MR) is 114 cm³/mol. The minimum absolute atomic E-state index is 0.720. The van der Waals surface area contributed by atoms with Crippen LogP contribution in [0.1, 0.15) is 5.56 Å². The Labute approximate surface area is 165 Å². The molecule has 3 nitrogen and oxygen atoms in total. The van der Waals surface area contributed by atoms with Crippen molar-refractivity contribution in [2.75, 3.05) is 5.73 Å². The van der Waals surface area contributed by atoms with Gasteiger partial charge < -0.3 is 15.2 Å². The Morgan fingerprint density at radius 2 is 0.786 bits per heavy atom. The van der Waals surface area contributed by atoms with E-state index in [1.165, 1.54) is 5.56 Å². The van der Waals surface area contributed by atoms with Gasteiger partial charge in [0.25, 0.3) is 0 Å². The van der Waals surface area contributed by atoms with Crippen LogP contribution in [0.15, 0.2) is 97.1 Å². The normalized spacial score (nSPS) is 10.5. The van der Waals surface area contributed by atoms with Gasteiger partial charge in [0.15, 0.2) is 0 Å². The smallest absolute Gasteiger partial charge is 0.127 e. The van der Waals surface area contributed by atoms with Crippen molar-refractivity contribution < 1.29 is 9.47 Å². The maximum Gasteiger partial charge on any atom is 0.127 e. The summed E-state index contributed by atoms with van der Waals surface area (Å²) >= 11 is 0. The molecule has 0 radical (unpaired) electrons. The predicted octanol–water partition coefficient (Wildman–Crippen LogP) is 6.83. The van der Waals surface area contributed by atoms with Gasteiger partial charge >= 0.3 is 0 Å². The second-order valence-electron chi connectivity index (χ2n) is 6.63. The van der Waals surface area contributed by atoms with Crippen LogP contribution in [0, 0.1) is 6.92 Å². The van der Waals surface area contributed by atoms with Crippen molar-refractivity contribution in [2.24, 2.45) is 0 Å². The van der Waals surface area contributed by atoms with E-state index in [4.69, 9.17) is 15.2 Å². The molecule has 0 atom stereocenters. The molecule has 4 rings (SSSR count). The van der Waals surface area contributed by atoms with Crippen LogP contribution in [0.5, 0.6) is 23.0 Å². The molecule has 0 unspecified atom stereocenters. The van der Waals surface area contributed by atoms with Crippen molar-refractivity contribution in [3.63, 3.8) is 0 Å². The van der Waals surface area contributed by atoms with Gasteiger partial charge in [0, 0.05) is 5.69 Å². The number of nitrogen functional groups attached to an aromatic ring is 1. The first-order valence-corrected chi connectivity index (χ1v) is 9.14. The number of anilines is 1. The van der Waals surface area contributed by atoms with Crippen LogP contribution in [-0.4, -0.2) is 0 Å². The van der Waals surface area contributed by atoms with Gasteiger partial charge in [-0.2, -0.15) is 0 Å². The summed E-state index contributed by atoms with van der Waals surface area (Å²) in [5, 5.41) is 0. The number of ether oxygens (including phenoxy) is 2. The van der Waals surface area contributed by atoms with Crippen molar-refractivity contribution in [3.05, 3.63) is 103 Å². The molecule has 0 saturated heterocycles. The van der Waals surface area contributed by atoms with Crippen LogP contribution < -0.4 is 15.2 Å². The van der Waals surface area contributed by atoms with E-state index < -0.39 is 0 Å². The van der Waals surface area contributed by atoms with E-state index in [0.717, 1.165) is 39.8 Å². The lowest BCUT2D eigenvalue weighted by Gasteiger charge is -2.09. The first-order valence-electron chi connectivity index (χ1n) is 9.14. The van der Waals surface area contributed by atoms with Crippen molar-refractivity contribution in [3.8, 4) is 34.1 Å². The zero-order valence-electron chi connectivity index (χ0n) is 15.6. The van der Waals surface area contributed by atoms with Gasteiger partial charge in [0.1, 0.15) is 23.0 Å². The van der Waals surface area contributed by atoms with Crippen LogP contribution in [0.25, 0.3) is 11.1 Å². The van der Waals surface area contributed by atoms with E-state index in [0.29, 0.717) is 0 Å². The fraction of sp³-hybridized carbons (Fsp3) is 0.0400. The molecular weight excluding hydrogens is 346 g/mol. The maximum absolute atomic E-state index is 5.89. The first kappa shape index (κ1) is 17.7. The van der Waals surface area contributed by atoms with Crippen LogP contribution in [0.3, 0.4) is 0 Å². The number of aryl methyl sites for hydroxylation is 1. The second kappa shape index (κ2) is 7.89. The van der Waals surface area contributed by atoms with Gasteiger partial charge in [-0.15, -0.1) is 0 Å². The fourth-order valence-corrected chi connectivity index (χ4v) is 2.85. The molecule has 0 aliphatic heterocycles. The molecule has 4 aromatic rings. The van der Waals surface area contributed by atoms with Crippen molar-refractivity contribution >= 4 is 5.69 Å². The van der Waals surface area contributed by atoms with Crippen LogP contribution in [0.4, 0.5) is 5.69 Å². The lowest BCUT2D eigenvalue weighted by atomic mass is 10.1. The van der Waals surface area contributed by atoms with E-state index in [1.807, 2.05) is 84.9 Å². The first-order chi connectivity index (χ1) is 13.7. The molecule has 0 aliphatic carbocycles. The highest BCUT2D eigenvalue weighted by Gasteiger charge is 2.02. The average Bonchev–Trinajstić information content (AvgIpc) is 2.73. The SMILES string of the molecule is Cc1ccc(Oc2ccc(-c3ccc(Oc4ccc(N)cc4)cc3)cc2)cc1. The van der Waals surface area contributed by atoms with Crippen molar-refractivity contribution in [1.29, 1.82) is 0 Å². The third-order valence-corrected chi connectivity index (χ3v) is 4.41. The third kappa shape index (κ3) is 4.33. The highest BCUT2D eigenvalue weighted by Crippen LogP contribution is 2.29. The molecule has 0 fully saturated rings. The van der Waals surface area contributed by atoms with E-state index in [1.54, 1.807) is 0 Å². The molecule has 2 N–H and O–H groups in total. The van der Waals surface area contributed by atoms with Crippen molar-refractivity contribution in [1.82, 2.24) is 0 Å². The molecule has 0 saturated carbocycles. The minimum atomic E-state index is 0.720. The second-order valence-corrected chi connectivity index (χ2v) is 6.63. The summed E-state index contributed by atoms with van der Waals surface area (Å²) in [7, 11) is 0. The van der Waals surface area contributed by atoms with Gasteiger partial charge in [0.05, 0.1) is 0 Å². The summed E-state index contributed by atoms with van der Waals surface area (Å²) < 4.78 is 11.7. The maximum atomic E-state index is 5.89. The third-order valence-electron chi connectivity index (χ3n) is 4.41. The van der Waals surface area contributed by atoms with Crippen LogP contribution >= 0.6 is 0 Å². The highest BCUT2D eigenvalue weighted by atomic mass is 16.5. The quantitative estimate of drug-likeness (QED) is 0.393. The molecule has 3 heteroatoms. The number of rotatable bonds is 5. The minimum Gasteiger partial charge on any atom is -0.457 e. The molecule has 0 heterocycles. The van der Waals surface area contributed by atoms with Crippen molar-refractivity contribution in [2.45, 2.75) is 6.92 Å². The summed E-state index contributed by atoms with van der Waals surface area (Å²) in [6.45, 7) is 2.06. The lowest BCUT2D eigenvalue weighted by molar-refractivity contribution is 0.482. The molecule has 0 aliphatic rings. The molecule has 4 aromatic carbocycles. The number of nitrogens with two attached hydrogens (primary N) is 1. The molecule has 0 spiro atoms. The van der Waals surface area contributed by atoms with Crippen LogP contribution in [-0.2, 0) is 0 Å². The largest absolute Gasteiger partial charge is 0.457 e. The number of hydrogen-bond donors (Lipinski definition) is 1. The van der Waals surface area contributed by atoms with Gasteiger partial charge in [-0.1, -0.05) is 42.0 Å². The fourth-order valence-electron chi connectivity index (χ4n) is 2.85. The standard InChI is InChI=1S/C25H21NO2/c1-18-2-10-22(11-3-18)27-23-12-4-19(5-13-23)20-6-14-24(15-7-20)28-25-16-8-21(26)9-17-25/h2-17H,26H2,1H3. The molecule has 28 heavy (non-hydrogen) atoms. The Kier molecular flexibility index (Phi) is 4.98. The Hall–Kier alpha value is -3.72. The number of benzene rings is 4. The van der Waals surface area contributed by atoms with E-state index in [9.17, 15) is 0 Å². The van der Waals surface area contributed by atoms with Gasteiger partial charge in [0.2, 0.25) is 0 Å². The Morgan fingerprint density at radius 3 is 1.18 bits per heavy atom. The Balaban J connectivity index is 1.43. The summed E-state index contributed by atoms with van der Waals surface area (Å²) in [6, 6.07) is 31.5. The molecular formula is C25H21NO2. The van der Waals surface area contributed by atoms with E-state index >= 15 is 0 Å². The summed E-state index contributed by atoms with van der Waals surface area (Å²) in [5.41, 5.74) is 9.87. The van der Waals surface area contributed by atoms with E-state index in [2.05, 4.69) is 19.1 Å². The summed E-state index contributed by atoms with van der Waals surface area (Å²) in [5.74, 6) is 3.20. The summed E-state index contributed by atoms with van der Waals surface area (Å²) in [4.78, 5) is 0. The van der Waals surface area contributed by atoms with Gasteiger partial charge in [-0.05, 0) is 78.7 Å².